The quantitative estimate of drug-likeness (QED) is 0.456. The van der Waals surface area contributed by atoms with Gasteiger partial charge in [-0.2, -0.15) is 0 Å². The monoisotopic (exact) mass is 218 g/mol. The number of aliphatic hydroxyl groups excluding tert-OH is 1. The van der Waals surface area contributed by atoms with Gasteiger partial charge in [-0.25, -0.2) is 0 Å². The van der Waals surface area contributed by atoms with Gasteiger partial charge >= 0.3 is 0 Å². The van der Waals surface area contributed by atoms with E-state index in [1.54, 1.807) is 14.0 Å². The van der Waals surface area contributed by atoms with Crippen LogP contribution in [0.5, 0.6) is 0 Å². The SMILES string of the molecule is COCCCC(=O)NCCNCC(C)O. The van der Waals surface area contributed by atoms with Crippen molar-refractivity contribution in [3.63, 3.8) is 0 Å². The predicted octanol–water partition coefficient (Wildman–Crippen LogP) is -0.500. The fourth-order valence-electron chi connectivity index (χ4n) is 1.07. The van der Waals surface area contributed by atoms with E-state index in [1.807, 2.05) is 0 Å². The number of hydrogen-bond donors (Lipinski definition) is 3. The van der Waals surface area contributed by atoms with Gasteiger partial charge in [0.25, 0.3) is 0 Å². The van der Waals surface area contributed by atoms with Gasteiger partial charge in [0.05, 0.1) is 6.10 Å². The topological polar surface area (TPSA) is 70.6 Å². The van der Waals surface area contributed by atoms with Crippen LogP contribution in [0.4, 0.5) is 0 Å². The molecule has 0 aromatic carbocycles. The molecule has 0 aliphatic rings. The summed E-state index contributed by atoms with van der Waals surface area (Å²) in [4.78, 5) is 11.2. The molecule has 0 saturated heterocycles. The molecule has 15 heavy (non-hydrogen) atoms. The van der Waals surface area contributed by atoms with Gasteiger partial charge in [0.15, 0.2) is 0 Å². The number of ether oxygens (including phenoxy) is 1. The summed E-state index contributed by atoms with van der Waals surface area (Å²) >= 11 is 0. The van der Waals surface area contributed by atoms with Gasteiger partial charge in [0, 0.05) is 39.8 Å². The van der Waals surface area contributed by atoms with Crippen LogP contribution in [0.15, 0.2) is 0 Å². The summed E-state index contributed by atoms with van der Waals surface area (Å²) in [7, 11) is 1.62. The summed E-state index contributed by atoms with van der Waals surface area (Å²) in [5.41, 5.74) is 0. The van der Waals surface area contributed by atoms with Crippen molar-refractivity contribution in [3.8, 4) is 0 Å². The summed E-state index contributed by atoms with van der Waals surface area (Å²) in [6.07, 6.45) is 0.913. The normalized spacial score (nSPS) is 12.5. The molecule has 0 fully saturated rings. The van der Waals surface area contributed by atoms with Gasteiger partial charge in [-0.15, -0.1) is 0 Å². The lowest BCUT2D eigenvalue weighted by Gasteiger charge is -2.07. The zero-order valence-electron chi connectivity index (χ0n) is 9.58. The predicted molar refractivity (Wildman–Crippen MR) is 58.7 cm³/mol. The Hall–Kier alpha value is -0.650. The highest BCUT2D eigenvalue weighted by atomic mass is 16.5. The lowest BCUT2D eigenvalue weighted by atomic mass is 10.3. The number of methoxy groups -OCH3 is 1. The highest BCUT2D eigenvalue weighted by molar-refractivity contribution is 5.75. The second-order valence-electron chi connectivity index (χ2n) is 3.50. The zero-order chi connectivity index (χ0) is 11.5. The van der Waals surface area contributed by atoms with Crippen molar-refractivity contribution >= 4 is 5.91 Å². The molecular weight excluding hydrogens is 196 g/mol. The number of amides is 1. The molecule has 0 spiro atoms. The summed E-state index contributed by atoms with van der Waals surface area (Å²) in [5.74, 6) is 0.0471. The third-order valence-electron chi connectivity index (χ3n) is 1.82. The van der Waals surface area contributed by atoms with Crippen molar-refractivity contribution in [1.29, 1.82) is 0 Å². The Balaban J connectivity index is 3.17. The van der Waals surface area contributed by atoms with E-state index in [1.165, 1.54) is 0 Å². The van der Waals surface area contributed by atoms with E-state index >= 15 is 0 Å². The van der Waals surface area contributed by atoms with Gasteiger partial charge in [0.1, 0.15) is 0 Å². The van der Waals surface area contributed by atoms with Crippen molar-refractivity contribution in [2.45, 2.75) is 25.9 Å². The Morgan fingerprint density at radius 3 is 2.80 bits per heavy atom. The van der Waals surface area contributed by atoms with Crippen LogP contribution in [-0.4, -0.2) is 50.5 Å². The van der Waals surface area contributed by atoms with E-state index in [-0.39, 0.29) is 12.0 Å². The highest BCUT2D eigenvalue weighted by Crippen LogP contribution is 1.88. The third kappa shape index (κ3) is 11.3. The Kier molecular flexibility index (Phi) is 9.46. The van der Waals surface area contributed by atoms with E-state index in [4.69, 9.17) is 9.84 Å². The van der Waals surface area contributed by atoms with Crippen molar-refractivity contribution in [2.24, 2.45) is 0 Å². The van der Waals surface area contributed by atoms with E-state index in [0.717, 1.165) is 6.42 Å². The molecule has 1 unspecified atom stereocenters. The minimum absolute atomic E-state index is 0.0471. The maximum Gasteiger partial charge on any atom is 0.220 e. The summed E-state index contributed by atoms with van der Waals surface area (Å²) in [6.45, 7) is 4.17. The molecule has 5 nitrogen and oxygen atoms in total. The Labute approximate surface area is 91.2 Å². The van der Waals surface area contributed by atoms with Crippen molar-refractivity contribution < 1.29 is 14.6 Å². The first kappa shape index (κ1) is 14.3. The molecule has 0 radical (unpaired) electrons. The van der Waals surface area contributed by atoms with E-state index in [2.05, 4.69) is 10.6 Å². The molecule has 0 aliphatic heterocycles. The zero-order valence-corrected chi connectivity index (χ0v) is 9.58. The van der Waals surface area contributed by atoms with Crippen molar-refractivity contribution in [3.05, 3.63) is 0 Å². The summed E-state index contributed by atoms with van der Waals surface area (Å²) in [6, 6.07) is 0. The van der Waals surface area contributed by atoms with Gasteiger partial charge in [-0.3, -0.25) is 4.79 Å². The average Bonchev–Trinajstić information content (AvgIpc) is 2.17. The largest absolute Gasteiger partial charge is 0.392 e. The first-order valence-corrected chi connectivity index (χ1v) is 5.31. The van der Waals surface area contributed by atoms with Gasteiger partial charge in [-0.05, 0) is 13.3 Å². The van der Waals surface area contributed by atoms with Crippen LogP contribution in [0.1, 0.15) is 19.8 Å². The Bertz CT molecular complexity index is 163. The van der Waals surface area contributed by atoms with Crippen LogP contribution in [-0.2, 0) is 9.53 Å². The lowest BCUT2D eigenvalue weighted by Crippen LogP contribution is -2.34. The van der Waals surface area contributed by atoms with Crippen LogP contribution >= 0.6 is 0 Å². The minimum Gasteiger partial charge on any atom is -0.392 e. The standard InChI is InChI=1S/C10H22N2O3/c1-9(13)8-11-5-6-12-10(14)4-3-7-15-2/h9,11,13H,3-8H2,1-2H3,(H,12,14). The first-order chi connectivity index (χ1) is 7.16. The maximum atomic E-state index is 11.2. The van der Waals surface area contributed by atoms with Crippen LogP contribution in [0.3, 0.4) is 0 Å². The van der Waals surface area contributed by atoms with Crippen LogP contribution in [0.2, 0.25) is 0 Å². The molecule has 0 aromatic rings. The number of carbonyl (C=O) groups excluding carboxylic acids is 1. The maximum absolute atomic E-state index is 11.2. The second kappa shape index (κ2) is 9.89. The summed E-state index contributed by atoms with van der Waals surface area (Å²) in [5, 5.41) is 14.7. The van der Waals surface area contributed by atoms with Crippen molar-refractivity contribution in [1.82, 2.24) is 10.6 Å². The molecule has 1 amide bonds. The number of carbonyl (C=O) groups is 1. The van der Waals surface area contributed by atoms with Crippen molar-refractivity contribution in [2.75, 3.05) is 33.4 Å². The third-order valence-corrected chi connectivity index (χ3v) is 1.82. The second-order valence-corrected chi connectivity index (χ2v) is 3.50. The average molecular weight is 218 g/mol. The molecule has 0 rings (SSSR count). The lowest BCUT2D eigenvalue weighted by molar-refractivity contribution is -0.121. The van der Waals surface area contributed by atoms with Crippen LogP contribution < -0.4 is 10.6 Å². The molecule has 0 aromatic heterocycles. The Morgan fingerprint density at radius 1 is 1.47 bits per heavy atom. The van der Waals surface area contributed by atoms with Gasteiger partial charge in [0.2, 0.25) is 5.91 Å². The van der Waals surface area contributed by atoms with Crippen LogP contribution in [0, 0.1) is 0 Å². The summed E-state index contributed by atoms with van der Waals surface area (Å²) < 4.78 is 4.84. The number of aliphatic hydroxyl groups is 1. The molecular formula is C10H22N2O3. The molecule has 0 saturated carbocycles. The molecule has 1 atom stereocenters. The van der Waals surface area contributed by atoms with E-state index < -0.39 is 0 Å². The smallest absolute Gasteiger partial charge is 0.220 e. The van der Waals surface area contributed by atoms with Crippen LogP contribution in [0.25, 0.3) is 0 Å². The number of rotatable bonds is 9. The molecule has 0 heterocycles. The fraction of sp³-hybridized carbons (Fsp3) is 0.900. The molecule has 3 N–H and O–H groups in total. The number of nitrogens with one attached hydrogen (secondary N) is 2. The number of hydrogen-bond acceptors (Lipinski definition) is 4. The highest BCUT2D eigenvalue weighted by Gasteiger charge is 1.99. The van der Waals surface area contributed by atoms with Gasteiger partial charge < -0.3 is 20.5 Å². The first-order valence-electron chi connectivity index (χ1n) is 5.31. The molecule has 0 bridgehead atoms. The molecule has 0 aliphatic carbocycles. The minimum atomic E-state index is -0.345. The molecule has 5 heteroatoms. The van der Waals surface area contributed by atoms with Gasteiger partial charge in [-0.1, -0.05) is 0 Å². The fourth-order valence-corrected chi connectivity index (χ4v) is 1.07. The van der Waals surface area contributed by atoms with E-state index in [9.17, 15) is 4.79 Å². The Morgan fingerprint density at radius 2 is 2.20 bits per heavy atom. The van der Waals surface area contributed by atoms with E-state index in [0.29, 0.717) is 32.7 Å². The molecule has 90 valence electrons.